The van der Waals surface area contributed by atoms with Crippen LogP contribution in [0.25, 0.3) is 0 Å². The lowest BCUT2D eigenvalue weighted by molar-refractivity contribution is 0.190. The third kappa shape index (κ3) is 2.40. The summed E-state index contributed by atoms with van der Waals surface area (Å²) in [6.07, 6.45) is 4.99. The Hall–Kier alpha value is -0.980. The average molecular weight is 259 g/mol. The SMILES string of the molecule is CC1=CC(C)(C)N2CCCC(=C(C)C)C2=C1C(C)C. The van der Waals surface area contributed by atoms with E-state index < -0.39 is 0 Å². The van der Waals surface area contributed by atoms with Crippen LogP contribution in [0.4, 0.5) is 0 Å². The standard InChI is InChI=1S/C18H29N/c1-12(2)15-9-8-10-19-17(15)16(13(3)4)14(5)11-18(19,6)7/h11,13H,8-10H2,1-7H3. The Kier molecular flexibility index (Phi) is 3.68. The van der Waals surface area contributed by atoms with Crippen molar-refractivity contribution in [3.63, 3.8) is 0 Å². The molecule has 2 rings (SSSR count). The van der Waals surface area contributed by atoms with Gasteiger partial charge in [0, 0.05) is 12.2 Å². The molecule has 2 heterocycles. The lowest BCUT2D eigenvalue weighted by Crippen LogP contribution is -2.48. The van der Waals surface area contributed by atoms with E-state index in [1.54, 1.807) is 16.8 Å². The van der Waals surface area contributed by atoms with Crippen LogP contribution in [0.5, 0.6) is 0 Å². The van der Waals surface area contributed by atoms with Gasteiger partial charge in [-0.25, -0.2) is 0 Å². The molecule has 1 saturated heterocycles. The van der Waals surface area contributed by atoms with Gasteiger partial charge in [0.05, 0.1) is 5.54 Å². The molecule has 1 nitrogen and oxygen atoms in total. The van der Waals surface area contributed by atoms with Gasteiger partial charge < -0.3 is 4.90 Å². The minimum atomic E-state index is 0.152. The van der Waals surface area contributed by atoms with Gasteiger partial charge in [-0.05, 0) is 70.1 Å². The maximum atomic E-state index is 2.64. The number of fused-ring (bicyclic) bond motifs is 1. The van der Waals surface area contributed by atoms with Crippen LogP contribution < -0.4 is 0 Å². The topological polar surface area (TPSA) is 3.24 Å². The molecule has 0 N–H and O–H groups in total. The van der Waals surface area contributed by atoms with Gasteiger partial charge >= 0.3 is 0 Å². The highest BCUT2D eigenvalue weighted by molar-refractivity contribution is 5.51. The molecule has 0 aromatic rings. The van der Waals surface area contributed by atoms with Crippen LogP contribution in [-0.2, 0) is 0 Å². The van der Waals surface area contributed by atoms with Crippen molar-refractivity contribution in [2.75, 3.05) is 6.54 Å². The molecule has 0 unspecified atom stereocenters. The third-order valence-corrected chi connectivity index (χ3v) is 4.49. The number of piperidine rings is 1. The summed E-state index contributed by atoms with van der Waals surface area (Å²) >= 11 is 0. The van der Waals surface area contributed by atoms with Gasteiger partial charge in [0.25, 0.3) is 0 Å². The Bertz CT molecular complexity index is 468. The second kappa shape index (κ2) is 4.85. The molecule has 2 aliphatic rings. The summed E-state index contributed by atoms with van der Waals surface area (Å²) in [7, 11) is 0. The first-order valence-electron chi connectivity index (χ1n) is 7.64. The number of hydrogen-bond donors (Lipinski definition) is 0. The van der Waals surface area contributed by atoms with Crippen LogP contribution in [0.3, 0.4) is 0 Å². The Morgan fingerprint density at radius 3 is 2.42 bits per heavy atom. The summed E-state index contributed by atoms with van der Waals surface area (Å²) in [5.74, 6) is 0.595. The predicted molar refractivity (Wildman–Crippen MR) is 84.0 cm³/mol. The van der Waals surface area contributed by atoms with Crippen LogP contribution in [0, 0.1) is 5.92 Å². The molecule has 1 fully saturated rings. The summed E-state index contributed by atoms with van der Waals surface area (Å²) < 4.78 is 0. The molecular formula is C18H29N. The average Bonchev–Trinajstić information content (AvgIpc) is 2.26. The number of nitrogens with zero attached hydrogens (tertiary/aromatic N) is 1. The zero-order valence-corrected chi connectivity index (χ0v) is 13.7. The molecule has 0 amide bonds. The molecule has 0 aromatic heterocycles. The fourth-order valence-electron chi connectivity index (χ4n) is 3.78. The second-order valence-corrected chi connectivity index (χ2v) is 7.13. The molecule has 2 aliphatic heterocycles. The van der Waals surface area contributed by atoms with Crippen molar-refractivity contribution < 1.29 is 0 Å². The quantitative estimate of drug-likeness (QED) is 0.635. The predicted octanol–water partition coefficient (Wildman–Crippen LogP) is 5.07. The molecule has 0 bridgehead atoms. The Balaban J connectivity index is 2.69. The first kappa shape index (κ1) is 14.4. The van der Waals surface area contributed by atoms with Crippen LogP contribution in [-0.4, -0.2) is 17.0 Å². The van der Waals surface area contributed by atoms with E-state index in [0.717, 1.165) is 0 Å². The summed E-state index contributed by atoms with van der Waals surface area (Å²) in [5, 5.41) is 0. The van der Waals surface area contributed by atoms with Gasteiger partial charge in [0.2, 0.25) is 0 Å². The molecule has 0 radical (unpaired) electrons. The molecule has 0 saturated carbocycles. The van der Waals surface area contributed by atoms with Crippen molar-refractivity contribution in [2.24, 2.45) is 5.92 Å². The lowest BCUT2D eigenvalue weighted by Gasteiger charge is -2.49. The Morgan fingerprint density at radius 2 is 1.89 bits per heavy atom. The number of allylic oxidation sites excluding steroid dienone is 4. The van der Waals surface area contributed by atoms with E-state index in [9.17, 15) is 0 Å². The van der Waals surface area contributed by atoms with Gasteiger partial charge in [0.1, 0.15) is 0 Å². The van der Waals surface area contributed by atoms with Crippen molar-refractivity contribution in [3.8, 4) is 0 Å². The summed E-state index contributed by atoms with van der Waals surface area (Å²) in [6.45, 7) is 17.4. The lowest BCUT2D eigenvalue weighted by atomic mass is 9.78. The minimum Gasteiger partial charge on any atom is -0.362 e. The molecule has 0 aliphatic carbocycles. The maximum absolute atomic E-state index is 2.64. The highest BCUT2D eigenvalue weighted by atomic mass is 15.2. The fraction of sp³-hybridized carbons (Fsp3) is 0.667. The summed E-state index contributed by atoms with van der Waals surface area (Å²) in [4.78, 5) is 2.64. The zero-order valence-electron chi connectivity index (χ0n) is 13.7. The van der Waals surface area contributed by atoms with Crippen molar-refractivity contribution >= 4 is 0 Å². The first-order chi connectivity index (χ1) is 8.75. The van der Waals surface area contributed by atoms with Crippen molar-refractivity contribution in [3.05, 3.63) is 34.1 Å². The zero-order chi connectivity index (χ0) is 14.4. The third-order valence-electron chi connectivity index (χ3n) is 4.49. The van der Waals surface area contributed by atoms with E-state index in [4.69, 9.17) is 0 Å². The molecule has 19 heavy (non-hydrogen) atoms. The van der Waals surface area contributed by atoms with Crippen LogP contribution in [0.15, 0.2) is 34.1 Å². The van der Waals surface area contributed by atoms with Crippen LogP contribution >= 0.6 is 0 Å². The van der Waals surface area contributed by atoms with Crippen molar-refractivity contribution in [2.45, 2.75) is 66.8 Å². The highest BCUT2D eigenvalue weighted by Crippen LogP contribution is 2.44. The Labute approximate surface area is 119 Å². The van der Waals surface area contributed by atoms with E-state index in [-0.39, 0.29) is 5.54 Å². The molecular weight excluding hydrogens is 230 g/mol. The van der Waals surface area contributed by atoms with Crippen molar-refractivity contribution in [1.82, 2.24) is 4.90 Å². The van der Waals surface area contributed by atoms with Gasteiger partial charge in [-0.3, -0.25) is 0 Å². The van der Waals surface area contributed by atoms with E-state index in [1.807, 2.05) is 0 Å². The smallest absolute Gasteiger partial charge is 0.0534 e. The molecule has 0 spiro atoms. The summed E-state index contributed by atoms with van der Waals surface area (Å²) in [5.41, 5.74) is 7.83. The highest BCUT2D eigenvalue weighted by Gasteiger charge is 2.37. The maximum Gasteiger partial charge on any atom is 0.0534 e. The minimum absolute atomic E-state index is 0.152. The van der Waals surface area contributed by atoms with Crippen LogP contribution in [0.1, 0.15) is 61.3 Å². The normalized spacial score (nSPS) is 22.6. The second-order valence-electron chi connectivity index (χ2n) is 7.13. The fourth-order valence-corrected chi connectivity index (χ4v) is 3.78. The van der Waals surface area contributed by atoms with Crippen molar-refractivity contribution in [1.29, 1.82) is 0 Å². The van der Waals surface area contributed by atoms with E-state index >= 15 is 0 Å². The monoisotopic (exact) mass is 259 g/mol. The van der Waals surface area contributed by atoms with Gasteiger partial charge in [-0.2, -0.15) is 0 Å². The molecule has 1 heteroatoms. The van der Waals surface area contributed by atoms with Gasteiger partial charge in [0.15, 0.2) is 0 Å². The van der Waals surface area contributed by atoms with E-state index in [2.05, 4.69) is 59.4 Å². The number of hydrogen-bond acceptors (Lipinski definition) is 1. The van der Waals surface area contributed by atoms with Crippen LogP contribution in [0.2, 0.25) is 0 Å². The summed E-state index contributed by atoms with van der Waals surface area (Å²) in [6, 6.07) is 0. The van der Waals surface area contributed by atoms with Gasteiger partial charge in [-0.1, -0.05) is 25.5 Å². The van der Waals surface area contributed by atoms with E-state index in [1.165, 1.54) is 30.5 Å². The number of rotatable bonds is 1. The molecule has 0 aromatic carbocycles. The molecule has 0 atom stereocenters. The first-order valence-corrected chi connectivity index (χ1v) is 7.64. The van der Waals surface area contributed by atoms with E-state index in [0.29, 0.717) is 5.92 Å². The largest absolute Gasteiger partial charge is 0.362 e. The molecule has 106 valence electrons. The Morgan fingerprint density at radius 1 is 1.26 bits per heavy atom. The van der Waals surface area contributed by atoms with Gasteiger partial charge in [-0.15, -0.1) is 0 Å².